The third-order valence-corrected chi connectivity index (χ3v) is 2.64. The topological polar surface area (TPSA) is 74.6 Å². The highest BCUT2D eigenvalue weighted by Crippen LogP contribution is 2.34. The SMILES string of the molecule is CC(C)C(CC=C(Cl)Cl)(C(=O)O)C(=O)O. The van der Waals surface area contributed by atoms with Crippen molar-refractivity contribution in [1.82, 2.24) is 0 Å². The number of aliphatic carboxylic acids is 2. The van der Waals surface area contributed by atoms with E-state index in [0.717, 1.165) is 0 Å². The molecule has 0 amide bonds. The Morgan fingerprint density at radius 3 is 1.87 bits per heavy atom. The molecule has 0 saturated heterocycles. The van der Waals surface area contributed by atoms with Crippen LogP contribution >= 0.6 is 23.2 Å². The van der Waals surface area contributed by atoms with E-state index in [1.807, 2.05) is 0 Å². The molecule has 15 heavy (non-hydrogen) atoms. The second kappa shape index (κ2) is 5.37. The second-order valence-corrected chi connectivity index (χ2v) is 4.44. The van der Waals surface area contributed by atoms with Gasteiger partial charge in [0.25, 0.3) is 0 Å². The molecule has 6 heteroatoms. The number of rotatable bonds is 5. The first-order chi connectivity index (χ1) is 6.75. The van der Waals surface area contributed by atoms with Gasteiger partial charge in [-0.05, 0) is 12.3 Å². The highest BCUT2D eigenvalue weighted by Gasteiger charge is 2.48. The zero-order valence-electron chi connectivity index (χ0n) is 8.33. The van der Waals surface area contributed by atoms with Crippen molar-refractivity contribution < 1.29 is 19.8 Å². The van der Waals surface area contributed by atoms with E-state index in [9.17, 15) is 9.59 Å². The fraction of sp³-hybridized carbons (Fsp3) is 0.556. The largest absolute Gasteiger partial charge is 0.480 e. The van der Waals surface area contributed by atoms with Crippen LogP contribution in [0.1, 0.15) is 20.3 Å². The van der Waals surface area contributed by atoms with E-state index in [4.69, 9.17) is 33.4 Å². The monoisotopic (exact) mass is 254 g/mol. The highest BCUT2D eigenvalue weighted by molar-refractivity contribution is 6.55. The van der Waals surface area contributed by atoms with Gasteiger partial charge in [0.1, 0.15) is 4.49 Å². The van der Waals surface area contributed by atoms with Crippen molar-refractivity contribution in [2.75, 3.05) is 0 Å². The zero-order chi connectivity index (χ0) is 12.2. The van der Waals surface area contributed by atoms with E-state index in [0.29, 0.717) is 0 Å². The quantitative estimate of drug-likeness (QED) is 0.740. The molecule has 0 rings (SSSR count). The van der Waals surface area contributed by atoms with Gasteiger partial charge in [-0.3, -0.25) is 9.59 Å². The number of carboxylic acids is 2. The Bertz CT molecular complexity index is 278. The first kappa shape index (κ1) is 14.3. The molecule has 0 fully saturated rings. The predicted octanol–water partition coefficient (Wildman–Crippen LogP) is 2.51. The van der Waals surface area contributed by atoms with Gasteiger partial charge in [0, 0.05) is 0 Å². The lowest BCUT2D eigenvalue weighted by molar-refractivity contribution is -0.168. The van der Waals surface area contributed by atoms with Gasteiger partial charge in [-0.1, -0.05) is 43.1 Å². The lowest BCUT2D eigenvalue weighted by atomic mass is 9.74. The number of allylic oxidation sites excluding steroid dienone is 1. The summed E-state index contributed by atoms with van der Waals surface area (Å²) in [6.45, 7) is 3.05. The molecule has 86 valence electrons. The maximum absolute atomic E-state index is 11.0. The summed E-state index contributed by atoms with van der Waals surface area (Å²) in [7, 11) is 0. The number of hydrogen-bond acceptors (Lipinski definition) is 2. The molecule has 0 radical (unpaired) electrons. The van der Waals surface area contributed by atoms with Crippen LogP contribution in [0.2, 0.25) is 0 Å². The lowest BCUT2D eigenvalue weighted by Gasteiger charge is -2.27. The Hall–Kier alpha value is -0.740. The van der Waals surface area contributed by atoms with Crippen molar-refractivity contribution in [1.29, 1.82) is 0 Å². The molecule has 0 saturated carbocycles. The standard InChI is InChI=1S/C9H12Cl2O4/c1-5(2)9(7(12)13,8(14)15)4-3-6(10)11/h3,5H,4H2,1-2H3,(H,12,13)(H,14,15). The maximum Gasteiger partial charge on any atom is 0.321 e. The van der Waals surface area contributed by atoms with Gasteiger partial charge in [-0.25, -0.2) is 0 Å². The van der Waals surface area contributed by atoms with Crippen molar-refractivity contribution in [2.24, 2.45) is 11.3 Å². The summed E-state index contributed by atoms with van der Waals surface area (Å²) in [6.07, 6.45) is 0.947. The molecule has 0 aliphatic heterocycles. The number of halogens is 2. The summed E-state index contributed by atoms with van der Waals surface area (Å²) >= 11 is 10.7. The van der Waals surface area contributed by atoms with Crippen LogP contribution in [-0.2, 0) is 9.59 Å². The van der Waals surface area contributed by atoms with Crippen LogP contribution in [0.15, 0.2) is 10.6 Å². The Kier molecular flexibility index (Phi) is 5.11. The van der Waals surface area contributed by atoms with Crippen LogP contribution in [0, 0.1) is 11.3 Å². The van der Waals surface area contributed by atoms with Crippen molar-refractivity contribution in [2.45, 2.75) is 20.3 Å². The highest BCUT2D eigenvalue weighted by atomic mass is 35.5. The summed E-state index contributed by atoms with van der Waals surface area (Å²) < 4.78 is -0.137. The zero-order valence-corrected chi connectivity index (χ0v) is 9.84. The normalized spacial score (nSPS) is 11.3. The van der Waals surface area contributed by atoms with Crippen molar-refractivity contribution in [3.8, 4) is 0 Å². The third kappa shape index (κ3) is 3.11. The van der Waals surface area contributed by atoms with E-state index in [2.05, 4.69) is 0 Å². The number of hydrogen-bond donors (Lipinski definition) is 2. The summed E-state index contributed by atoms with van der Waals surface area (Å²) in [5.41, 5.74) is -1.88. The van der Waals surface area contributed by atoms with Gasteiger partial charge in [0.15, 0.2) is 5.41 Å². The van der Waals surface area contributed by atoms with Crippen molar-refractivity contribution in [3.05, 3.63) is 10.6 Å². The van der Waals surface area contributed by atoms with Gasteiger partial charge in [0.05, 0.1) is 0 Å². The molecular weight excluding hydrogens is 243 g/mol. The minimum Gasteiger partial charge on any atom is -0.480 e. The second-order valence-electron chi connectivity index (χ2n) is 3.43. The van der Waals surface area contributed by atoms with Crippen LogP contribution in [0.4, 0.5) is 0 Å². The molecule has 0 aromatic rings. The molecule has 0 atom stereocenters. The molecule has 2 N–H and O–H groups in total. The number of carbonyl (C=O) groups is 2. The summed E-state index contributed by atoms with van der Waals surface area (Å²) in [6, 6.07) is 0. The van der Waals surface area contributed by atoms with Gasteiger partial charge in [0.2, 0.25) is 0 Å². The number of carboxylic acid groups (broad SMARTS) is 2. The van der Waals surface area contributed by atoms with E-state index >= 15 is 0 Å². The van der Waals surface area contributed by atoms with Crippen LogP contribution in [0.5, 0.6) is 0 Å². The molecule has 0 bridgehead atoms. The average molecular weight is 255 g/mol. The van der Waals surface area contributed by atoms with Crippen LogP contribution in [0.3, 0.4) is 0 Å². The summed E-state index contributed by atoms with van der Waals surface area (Å²) in [4.78, 5) is 22.0. The Labute approximate surface area is 97.5 Å². The van der Waals surface area contributed by atoms with E-state index in [-0.39, 0.29) is 10.9 Å². The molecule has 0 spiro atoms. The molecule has 0 heterocycles. The van der Waals surface area contributed by atoms with Crippen molar-refractivity contribution >= 4 is 35.1 Å². The average Bonchev–Trinajstić information content (AvgIpc) is 2.02. The van der Waals surface area contributed by atoms with E-state index in [1.54, 1.807) is 0 Å². The van der Waals surface area contributed by atoms with E-state index in [1.165, 1.54) is 19.9 Å². The van der Waals surface area contributed by atoms with Crippen LogP contribution in [-0.4, -0.2) is 22.2 Å². The third-order valence-electron chi connectivity index (χ3n) is 2.33. The molecule has 0 unspecified atom stereocenters. The fourth-order valence-electron chi connectivity index (χ4n) is 1.23. The minimum absolute atomic E-state index is 0.137. The molecule has 0 aromatic carbocycles. The van der Waals surface area contributed by atoms with Gasteiger partial charge in [-0.15, -0.1) is 0 Å². The van der Waals surface area contributed by atoms with Gasteiger partial charge < -0.3 is 10.2 Å². The summed E-state index contributed by atoms with van der Waals surface area (Å²) in [5.74, 6) is -3.36. The van der Waals surface area contributed by atoms with Gasteiger partial charge >= 0.3 is 11.9 Å². The Morgan fingerprint density at radius 2 is 1.67 bits per heavy atom. The first-order valence-electron chi connectivity index (χ1n) is 4.23. The molecule has 0 aliphatic rings. The summed E-state index contributed by atoms with van der Waals surface area (Å²) in [5, 5.41) is 18.0. The molecule has 0 aromatic heterocycles. The fourth-order valence-corrected chi connectivity index (χ4v) is 1.39. The maximum atomic E-state index is 11.0. The van der Waals surface area contributed by atoms with E-state index < -0.39 is 23.3 Å². The predicted molar refractivity (Wildman–Crippen MR) is 56.9 cm³/mol. The lowest BCUT2D eigenvalue weighted by Crippen LogP contribution is -2.43. The van der Waals surface area contributed by atoms with Gasteiger partial charge in [-0.2, -0.15) is 0 Å². The smallest absolute Gasteiger partial charge is 0.321 e. The molecule has 0 aliphatic carbocycles. The van der Waals surface area contributed by atoms with Crippen LogP contribution in [0.25, 0.3) is 0 Å². The Balaban J connectivity index is 5.25. The van der Waals surface area contributed by atoms with Crippen molar-refractivity contribution in [3.63, 3.8) is 0 Å². The first-order valence-corrected chi connectivity index (χ1v) is 4.98. The van der Waals surface area contributed by atoms with Crippen LogP contribution < -0.4 is 0 Å². The Morgan fingerprint density at radius 1 is 1.27 bits per heavy atom. The minimum atomic E-state index is -1.88. The molecule has 4 nitrogen and oxygen atoms in total. The molecular formula is C9H12Cl2O4.